The lowest BCUT2D eigenvalue weighted by atomic mass is 9.89. The average Bonchev–Trinajstić information content (AvgIpc) is 3.26. The first-order valence-electron chi connectivity index (χ1n) is 10.0. The van der Waals surface area contributed by atoms with E-state index in [0.717, 1.165) is 36.6 Å². The summed E-state index contributed by atoms with van der Waals surface area (Å²) >= 11 is 0. The summed E-state index contributed by atoms with van der Waals surface area (Å²) < 4.78 is 1.88. The van der Waals surface area contributed by atoms with Crippen LogP contribution < -0.4 is 5.32 Å². The first-order valence-corrected chi connectivity index (χ1v) is 10.0. The van der Waals surface area contributed by atoms with Crippen molar-refractivity contribution in [3.8, 4) is 0 Å². The molecule has 1 saturated heterocycles. The largest absolute Gasteiger partial charge is 0.353 e. The number of hydrazone groups is 1. The molecule has 2 aromatic rings. The molecule has 5 rings (SSSR count). The number of nitrogens with zero attached hydrogens (tertiary/aromatic N) is 3. The zero-order valence-electron chi connectivity index (χ0n) is 16.0. The number of hydrogen-bond donors (Lipinski definition) is 2. The normalized spacial score (nSPS) is 22.6. The second-order valence-electron chi connectivity index (χ2n) is 7.74. The van der Waals surface area contributed by atoms with Crippen molar-refractivity contribution < 1.29 is 4.68 Å². The second-order valence-corrected chi connectivity index (χ2v) is 7.74. The molecule has 0 amide bonds. The van der Waals surface area contributed by atoms with Crippen LogP contribution in [-0.4, -0.2) is 47.9 Å². The van der Waals surface area contributed by atoms with Crippen molar-refractivity contribution in [1.29, 1.82) is 0 Å². The number of aryl methyl sites for hydroxylation is 1. The first kappa shape index (κ1) is 16.6. The molecule has 2 N–H and O–H groups in total. The van der Waals surface area contributed by atoms with Gasteiger partial charge in [-0.2, -0.15) is 0 Å². The Morgan fingerprint density at radius 3 is 2.89 bits per heavy atom. The molecule has 1 atom stereocenters. The Balaban J connectivity index is 1.56. The number of aromatic amines is 1. The maximum Gasteiger partial charge on any atom is 0.185 e. The van der Waals surface area contributed by atoms with Crippen LogP contribution in [0.3, 0.4) is 0 Å². The molecule has 5 nitrogen and oxygen atoms in total. The molecule has 138 valence electrons. The highest BCUT2D eigenvalue weighted by Crippen LogP contribution is 2.34. The minimum atomic E-state index is 0.226. The maximum absolute atomic E-state index is 4.71. The van der Waals surface area contributed by atoms with Crippen LogP contribution in [0.2, 0.25) is 0 Å². The second kappa shape index (κ2) is 6.57. The predicted octanol–water partition coefficient (Wildman–Crippen LogP) is 3.32. The fourth-order valence-corrected chi connectivity index (χ4v) is 4.59. The number of benzene rings is 1. The van der Waals surface area contributed by atoms with Crippen LogP contribution in [0.1, 0.15) is 42.5 Å². The van der Waals surface area contributed by atoms with Gasteiger partial charge in [-0.25, -0.2) is 0 Å². The van der Waals surface area contributed by atoms with Crippen LogP contribution in [0.5, 0.6) is 0 Å². The van der Waals surface area contributed by atoms with Gasteiger partial charge in [0, 0.05) is 10.9 Å². The Hall–Kier alpha value is -2.53. The molecule has 1 unspecified atom stereocenters. The molecule has 0 spiro atoms. The fourth-order valence-electron chi connectivity index (χ4n) is 4.59. The summed E-state index contributed by atoms with van der Waals surface area (Å²) in [6, 6.07) is 6.98. The summed E-state index contributed by atoms with van der Waals surface area (Å²) in [5, 5.41) is 9.29. The third-order valence-corrected chi connectivity index (χ3v) is 6.01. The van der Waals surface area contributed by atoms with Crippen LogP contribution in [0.15, 0.2) is 34.4 Å². The van der Waals surface area contributed by atoms with Gasteiger partial charge < -0.3 is 10.3 Å². The van der Waals surface area contributed by atoms with Crippen molar-refractivity contribution in [3.63, 3.8) is 0 Å². The highest BCUT2D eigenvalue weighted by molar-refractivity contribution is 6.37. The number of fused-ring (bicyclic) bond motifs is 2. The third-order valence-electron chi connectivity index (χ3n) is 6.01. The van der Waals surface area contributed by atoms with Gasteiger partial charge in [0.15, 0.2) is 13.3 Å². The lowest BCUT2D eigenvalue weighted by molar-refractivity contribution is -0.494. The Bertz CT molecular complexity index is 1010. The monoisotopic (exact) mass is 360 g/mol. The highest BCUT2D eigenvalue weighted by atomic mass is 15.4. The molecule has 3 aliphatic heterocycles. The summed E-state index contributed by atoms with van der Waals surface area (Å²) in [5.41, 5.74) is 7.27. The lowest BCUT2D eigenvalue weighted by Crippen LogP contribution is -2.26. The van der Waals surface area contributed by atoms with E-state index in [0.29, 0.717) is 5.92 Å². The SMILES string of the molecule is CCc1c(C2=CC3C=[N+](C)N=C3C=N2)[nH]c2ccc(C3CCNCC3)cc12. The maximum atomic E-state index is 4.71. The Labute approximate surface area is 159 Å². The van der Waals surface area contributed by atoms with Gasteiger partial charge in [-0.05, 0) is 72.7 Å². The van der Waals surface area contributed by atoms with Gasteiger partial charge in [0.25, 0.3) is 0 Å². The smallest absolute Gasteiger partial charge is 0.185 e. The molecule has 3 aliphatic rings. The zero-order valence-corrected chi connectivity index (χ0v) is 16.0. The quantitative estimate of drug-likeness (QED) is 0.811. The fraction of sp³-hybridized carbons (Fsp3) is 0.409. The van der Waals surface area contributed by atoms with Crippen LogP contribution in [0, 0.1) is 5.92 Å². The molecule has 1 fully saturated rings. The number of allylic oxidation sites excluding steroid dienone is 1. The Morgan fingerprint density at radius 2 is 2.07 bits per heavy atom. The van der Waals surface area contributed by atoms with Crippen molar-refractivity contribution >= 4 is 34.7 Å². The minimum absolute atomic E-state index is 0.226. The molecule has 27 heavy (non-hydrogen) atoms. The van der Waals surface area contributed by atoms with Crippen molar-refractivity contribution in [2.45, 2.75) is 32.1 Å². The summed E-state index contributed by atoms with van der Waals surface area (Å²) in [5.74, 6) is 0.900. The van der Waals surface area contributed by atoms with E-state index < -0.39 is 0 Å². The van der Waals surface area contributed by atoms with Crippen LogP contribution in [-0.2, 0) is 6.42 Å². The molecule has 0 radical (unpaired) electrons. The molecule has 0 saturated carbocycles. The van der Waals surface area contributed by atoms with Gasteiger partial charge in [-0.3, -0.25) is 4.99 Å². The van der Waals surface area contributed by atoms with Gasteiger partial charge in [0.2, 0.25) is 0 Å². The van der Waals surface area contributed by atoms with Crippen molar-refractivity contribution in [2.75, 3.05) is 20.1 Å². The van der Waals surface area contributed by atoms with E-state index in [1.165, 1.54) is 34.9 Å². The molecule has 0 bridgehead atoms. The summed E-state index contributed by atoms with van der Waals surface area (Å²) in [6.07, 6.45) is 9.71. The third kappa shape index (κ3) is 2.86. The number of H-pyrrole nitrogens is 1. The van der Waals surface area contributed by atoms with E-state index in [1.807, 2.05) is 17.9 Å². The molecule has 4 heterocycles. The minimum Gasteiger partial charge on any atom is -0.353 e. The number of piperidine rings is 1. The van der Waals surface area contributed by atoms with Gasteiger partial charge in [-0.15, -0.1) is 0 Å². The molecular formula is C22H26N5+. The van der Waals surface area contributed by atoms with E-state index in [1.54, 1.807) is 0 Å². The molecule has 5 heteroatoms. The molecule has 1 aromatic carbocycles. The van der Waals surface area contributed by atoms with E-state index in [9.17, 15) is 0 Å². The van der Waals surface area contributed by atoms with Gasteiger partial charge in [0.05, 0.1) is 17.6 Å². The van der Waals surface area contributed by atoms with Gasteiger partial charge in [0.1, 0.15) is 11.6 Å². The zero-order chi connectivity index (χ0) is 18.4. The topological polar surface area (TPSA) is 55.5 Å². The number of hydrogen-bond acceptors (Lipinski definition) is 3. The number of aromatic nitrogens is 1. The first-order chi connectivity index (χ1) is 13.2. The van der Waals surface area contributed by atoms with Crippen molar-refractivity contribution in [3.05, 3.63) is 41.1 Å². The predicted molar refractivity (Wildman–Crippen MR) is 112 cm³/mol. The van der Waals surface area contributed by atoms with E-state index in [-0.39, 0.29) is 5.92 Å². The highest BCUT2D eigenvalue weighted by Gasteiger charge is 2.28. The van der Waals surface area contributed by atoms with Crippen molar-refractivity contribution in [1.82, 2.24) is 10.3 Å². The average molecular weight is 360 g/mol. The van der Waals surface area contributed by atoms with E-state index >= 15 is 0 Å². The van der Waals surface area contributed by atoms with Gasteiger partial charge >= 0.3 is 0 Å². The van der Waals surface area contributed by atoms with Crippen LogP contribution in [0.25, 0.3) is 16.6 Å². The van der Waals surface area contributed by atoms with Crippen molar-refractivity contribution in [2.24, 2.45) is 16.0 Å². The standard InChI is InChI=1S/C22H26N5/c1-3-17-18-10-15(14-6-8-23-9-7-14)4-5-19(18)25-22(17)20-11-16-13-27(2)26-21(16)12-24-20/h4-5,10-14,16,23,25H,3,6-9H2,1-2H3/q+1. The number of aliphatic imine (C=N–C) groups is 1. The van der Waals surface area contributed by atoms with E-state index in [2.05, 4.69) is 52.8 Å². The van der Waals surface area contributed by atoms with Crippen LogP contribution in [0.4, 0.5) is 0 Å². The lowest BCUT2D eigenvalue weighted by Gasteiger charge is -2.23. The summed E-state index contributed by atoms with van der Waals surface area (Å²) in [4.78, 5) is 8.36. The Kier molecular flexibility index (Phi) is 4.05. The molecular weight excluding hydrogens is 334 g/mol. The molecule has 1 aromatic heterocycles. The number of rotatable bonds is 3. The summed E-state index contributed by atoms with van der Waals surface area (Å²) in [6.45, 7) is 4.48. The molecule has 0 aliphatic carbocycles. The summed E-state index contributed by atoms with van der Waals surface area (Å²) in [7, 11) is 1.97. The Morgan fingerprint density at radius 1 is 1.22 bits per heavy atom. The van der Waals surface area contributed by atoms with E-state index in [4.69, 9.17) is 4.99 Å². The number of nitrogens with one attached hydrogen (secondary N) is 2. The van der Waals surface area contributed by atoms with Gasteiger partial charge in [-0.1, -0.05) is 17.7 Å². The van der Waals surface area contributed by atoms with Crippen LogP contribution >= 0.6 is 0 Å².